The third-order valence-electron chi connectivity index (χ3n) is 8.06. The topological polar surface area (TPSA) is 46.6 Å². The van der Waals surface area contributed by atoms with E-state index in [4.69, 9.17) is 14.4 Å². The van der Waals surface area contributed by atoms with Crippen molar-refractivity contribution in [3.05, 3.63) is 146 Å². The van der Waals surface area contributed by atoms with Gasteiger partial charge in [-0.3, -0.25) is 9.97 Å². The number of rotatable bonds is 4. The van der Waals surface area contributed by atoms with Gasteiger partial charge in [0.2, 0.25) is 0 Å². The van der Waals surface area contributed by atoms with Crippen molar-refractivity contribution in [3.63, 3.8) is 0 Å². The smallest absolute Gasteiger partial charge is 0.501 e. The van der Waals surface area contributed by atoms with Crippen molar-refractivity contribution in [1.82, 2.24) is 14.4 Å². The molecule has 5 aromatic carbocycles. The fourth-order valence-corrected chi connectivity index (χ4v) is 6.15. The number of pyridine rings is 2. The largest absolute Gasteiger partial charge is 2.00 e. The summed E-state index contributed by atoms with van der Waals surface area (Å²) in [5.74, 6) is 0.765. The second kappa shape index (κ2) is 10.5. The van der Waals surface area contributed by atoms with Gasteiger partial charge in [0.15, 0.2) is 0 Å². The van der Waals surface area contributed by atoms with E-state index in [0.29, 0.717) is 0 Å². The molecule has 9 rings (SSSR count). The average Bonchev–Trinajstić information content (AvgIpc) is 3.72. The maximum atomic E-state index is 6.32. The van der Waals surface area contributed by atoms with Crippen LogP contribution < -0.4 is 4.90 Å². The Morgan fingerprint density at radius 2 is 1.52 bits per heavy atom. The van der Waals surface area contributed by atoms with Gasteiger partial charge in [-0.15, -0.1) is 36.4 Å². The standard InChI is InChI=1S/C38H22N4O.Pt/c1-2-10-25(11-3-1)42(26-20-21-27-28-12-4-6-17-34(28)41-23-22-39-38(41)32(27)24-26)36-19-9-16-33(40-36)31-15-8-14-30-29-13-5-7-18-35(29)43-37(30)31;/h1-14,16-23H;/q-2;+2. The third kappa shape index (κ3) is 4.05. The van der Waals surface area contributed by atoms with Crippen LogP contribution in [-0.2, 0) is 21.1 Å². The number of nitrogens with zero attached hydrogens (tertiary/aromatic N) is 4. The van der Waals surface area contributed by atoms with Crippen LogP contribution in [0.5, 0.6) is 0 Å². The van der Waals surface area contributed by atoms with Gasteiger partial charge in [0.25, 0.3) is 0 Å². The van der Waals surface area contributed by atoms with E-state index in [1.54, 1.807) is 0 Å². The van der Waals surface area contributed by atoms with Gasteiger partial charge in [-0.05, 0) is 47.1 Å². The molecule has 0 N–H and O–H groups in total. The number of hydrogen-bond donors (Lipinski definition) is 0. The van der Waals surface area contributed by atoms with Crippen LogP contribution in [0.3, 0.4) is 0 Å². The fourth-order valence-electron chi connectivity index (χ4n) is 6.15. The predicted octanol–water partition coefficient (Wildman–Crippen LogP) is 9.67. The first-order valence-corrected chi connectivity index (χ1v) is 14.2. The third-order valence-corrected chi connectivity index (χ3v) is 8.06. The van der Waals surface area contributed by atoms with Gasteiger partial charge in [-0.25, -0.2) is 0 Å². The normalized spacial score (nSPS) is 11.5. The summed E-state index contributed by atoms with van der Waals surface area (Å²) in [6.45, 7) is 0. The zero-order valence-corrected chi connectivity index (χ0v) is 25.5. The predicted molar refractivity (Wildman–Crippen MR) is 173 cm³/mol. The van der Waals surface area contributed by atoms with Gasteiger partial charge in [-0.1, -0.05) is 88.5 Å². The first-order chi connectivity index (χ1) is 21.3. The zero-order valence-electron chi connectivity index (χ0n) is 23.2. The molecule has 0 amide bonds. The Bertz CT molecular complexity index is 2480. The molecule has 0 saturated heterocycles. The summed E-state index contributed by atoms with van der Waals surface area (Å²) in [5, 5.41) is 5.36. The Morgan fingerprint density at radius 3 is 2.43 bits per heavy atom. The van der Waals surface area contributed by atoms with Crippen LogP contribution in [-0.4, -0.2) is 14.4 Å². The van der Waals surface area contributed by atoms with Gasteiger partial charge in [-0.2, -0.15) is 0 Å². The molecular weight excluding hydrogens is 724 g/mol. The summed E-state index contributed by atoms with van der Waals surface area (Å²) in [6, 6.07) is 48.3. The SMILES string of the molecule is [Pt+2].[c-]1ccc2c(oc3ccccc32)c1-c1cccc(N(c2[c-]c3c(cc2)c2ccccc2n2ccnc32)c2ccccc2)n1. The maximum Gasteiger partial charge on any atom is 2.00 e. The Hall–Kier alpha value is -5.25. The van der Waals surface area contributed by atoms with Crippen molar-refractivity contribution in [3.8, 4) is 11.3 Å². The van der Waals surface area contributed by atoms with Crippen molar-refractivity contribution in [2.24, 2.45) is 0 Å². The van der Waals surface area contributed by atoms with E-state index in [0.717, 1.165) is 77.7 Å². The molecule has 0 radical (unpaired) electrons. The molecule has 0 unspecified atom stereocenters. The maximum absolute atomic E-state index is 6.32. The Balaban J connectivity index is 0.00000289. The van der Waals surface area contributed by atoms with E-state index < -0.39 is 0 Å². The van der Waals surface area contributed by atoms with Crippen molar-refractivity contribution in [2.75, 3.05) is 4.90 Å². The minimum Gasteiger partial charge on any atom is -0.501 e. The average molecular weight is 746 g/mol. The number of benzene rings is 5. The minimum atomic E-state index is 0. The molecule has 9 aromatic rings. The van der Waals surface area contributed by atoms with Crippen LogP contribution in [0.15, 0.2) is 138 Å². The Kier molecular flexibility index (Phi) is 6.28. The van der Waals surface area contributed by atoms with Crippen molar-refractivity contribution in [1.29, 1.82) is 0 Å². The van der Waals surface area contributed by atoms with E-state index in [2.05, 4.69) is 82.1 Å². The van der Waals surface area contributed by atoms with Gasteiger partial charge < -0.3 is 13.7 Å². The quantitative estimate of drug-likeness (QED) is 0.133. The molecule has 0 aliphatic rings. The molecule has 5 nitrogen and oxygen atoms in total. The second-order valence-corrected chi connectivity index (χ2v) is 10.5. The first kappa shape index (κ1) is 26.4. The van der Waals surface area contributed by atoms with E-state index in [9.17, 15) is 0 Å². The van der Waals surface area contributed by atoms with Crippen LogP contribution in [0, 0.1) is 12.1 Å². The summed E-state index contributed by atoms with van der Waals surface area (Å²) in [6.07, 6.45) is 3.85. The van der Waals surface area contributed by atoms with Crippen molar-refractivity contribution < 1.29 is 25.5 Å². The minimum absolute atomic E-state index is 0. The van der Waals surface area contributed by atoms with E-state index >= 15 is 0 Å². The van der Waals surface area contributed by atoms with Crippen LogP contribution in [0.4, 0.5) is 17.2 Å². The number of anilines is 3. The molecule has 210 valence electrons. The molecule has 0 saturated carbocycles. The summed E-state index contributed by atoms with van der Waals surface area (Å²) in [4.78, 5) is 12.1. The molecule has 4 aromatic heterocycles. The molecule has 0 aliphatic heterocycles. The van der Waals surface area contributed by atoms with Gasteiger partial charge in [0, 0.05) is 29.0 Å². The number of furan rings is 1. The molecule has 0 spiro atoms. The van der Waals surface area contributed by atoms with E-state index in [-0.39, 0.29) is 21.1 Å². The molecule has 0 atom stereocenters. The molecule has 4 heterocycles. The summed E-state index contributed by atoms with van der Waals surface area (Å²) < 4.78 is 8.46. The zero-order chi connectivity index (χ0) is 28.3. The van der Waals surface area contributed by atoms with Crippen LogP contribution in [0.1, 0.15) is 0 Å². The van der Waals surface area contributed by atoms with Crippen LogP contribution >= 0.6 is 0 Å². The number of fused-ring (bicyclic) bond motifs is 9. The van der Waals surface area contributed by atoms with Crippen molar-refractivity contribution >= 4 is 66.5 Å². The molecular formula is C38H22N4OPt. The fraction of sp³-hybridized carbons (Fsp3) is 0. The number of imidazole rings is 1. The van der Waals surface area contributed by atoms with E-state index in [1.807, 2.05) is 73.1 Å². The Morgan fingerprint density at radius 1 is 0.705 bits per heavy atom. The molecule has 44 heavy (non-hydrogen) atoms. The molecule has 6 heteroatoms. The summed E-state index contributed by atoms with van der Waals surface area (Å²) in [7, 11) is 0. The van der Waals surface area contributed by atoms with Gasteiger partial charge in [0.05, 0.1) is 11.2 Å². The van der Waals surface area contributed by atoms with Gasteiger partial charge >= 0.3 is 21.1 Å². The number of aromatic nitrogens is 3. The van der Waals surface area contributed by atoms with Crippen molar-refractivity contribution in [2.45, 2.75) is 0 Å². The molecule has 0 bridgehead atoms. The number of hydrogen-bond acceptors (Lipinski definition) is 4. The Labute approximate surface area is 267 Å². The molecule has 0 aliphatic carbocycles. The monoisotopic (exact) mass is 745 g/mol. The first-order valence-electron chi connectivity index (χ1n) is 14.2. The van der Waals surface area contributed by atoms with Crippen LogP contribution in [0.2, 0.25) is 0 Å². The molecule has 0 fully saturated rings. The van der Waals surface area contributed by atoms with Gasteiger partial charge in [0.1, 0.15) is 11.4 Å². The summed E-state index contributed by atoms with van der Waals surface area (Å²) in [5.41, 5.74) is 7.09. The number of para-hydroxylation sites is 3. The second-order valence-electron chi connectivity index (χ2n) is 10.5. The summed E-state index contributed by atoms with van der Waals surface area (Å²) >= 11 is 0. The van der Waals surface area contributed by atoms with E-state index in [1.165, 1.54) is 0 Å². The van der Waals surface area contributed by atoms with Crippen LogP contribution in [0.25, 0.3) is 60.5 Å².